The zero-order valence-electron chi connectivity index (χ0n) is 15.0. The van der Waals surface area contributed by atoms with Crippen molar-refractivity contribution in [2.24, 2.45) is 5.92 Å². The van der Waals surface area contributed by atoms with Crippen molar-refractivity contribution in [3.8, 4) is 0 Å². The Balaban J connectivity index is 1.51. The van der Waals surface area contributed by atoms with Crippen LogP contribution in [-0.4, -0.2) is 54.6 Å². The molecule has 0 spiro atoms. The summed E-state index contributed by atoms with van der Waals surface area (Å²) in [6, 6.07) is 5.42. The highest BCUT2D eigenvalue weighted by molar-refractivity contribution is 5.83. The quantitative estimate of drug-likeness (QED) is 0.783. The maximum absolute atomic E-state index is 12.8. The summed E-state index contributed by atoms with van der Waals surface area (Å²) in [5.41, 5.74) is 0.0334. The standard InChI is InChI=1S/C19H23F3N2O3/c20-19(21,22)16-5-1-3-14(11-16)6-7-15-4-2-8-23(12-15)17(25)13-24-9-10-27-18(24)26/h1,3,5,11,15H,2,4,6-10,12-13H2. The topological polar surface area (TPSA) is 49.9 Å². The highest BCUT2D eigenvalue weighted by Gasteiger charge is 2.31. The molecular weight excluding hydrogens is 361 g/mol. The summed E-state index contributed by atoms with van der Waals surface area (Å²) in [7, 11) is 0. The van der Waals surface area contributed by atoms with E-state index in [1.54, 1.807) is 11.0 Å². The number of cyclic esters (lactones) is 1. The molecule has 2 fully saturated rings. The van der Waals surface area contributed by atoms with E-state index in [0.717, 1.165) is 25.3 Å². The van der Waals surface area contributed by atoms with Gasteiger partial charge in [-0.25, -0.2) is 4.79 Å². The van der Waals surface area contributed by atoms with Crippen LogP contribution >= 0.6 is 0 Å². The summed E-state index contributed by atoms with van der Waals surface area (Å²) in [4.78, 5) is 27.0. The molecule has 2 heterocycles. The van der Waals surface area contributed by atoms with Crippen molar-refractivity contribution in [1.29, 1.82) is 0 Å². The van der Waals surface area contributed by atoms with Crippen LogP contribution in [0.4, 0.5) is 18.0 Å². The molecule has 0 saturated carbocycles. The molecule has 1 aromatic carbocycles. The molecule has 0 bridgehead atoms. The molecule has 1 aromatic rings. The molecule has 8 heteroatoms. The molecule has 2 aliphatic heterocycles. The second-order valence-electron chi connectivity index (χ2n) is 7.12. The van der Waals surface area contributed by atoms with Gasteiger partial charge in [0, 0.05) is 13.1 Å². The lowest BCUT2D eigenvalue weighted by Gasteiger charge is -2.33. The van der Waals surface area contributed by atoms with Crippen molar-refractivity contribution in [1.82, 2.24) is 9.80 Å². The Morgan fingerprint density at radius 2 is 2.07 bits per heavy atom. The number of hydrogen-bond donors (Lipinski definition) is 0. The van der Waals surface area contributed by atoms with Crippen molar-refractivity contribution in [2.75, 3.05) is 32.8 Å². The van der Waals surface area contributed by atoms with E-state index in [1.807, 2.05) is 0 Å². The van der Waals surface area contributed by atoms with E-state index in [1.165, 1.54) is 17.0 Å². The van der Waals surface area contributed by atoms with Crippen LogP contribution in [0.1, 0.15) is 30.4 Å². The van der Waals surface area contributed by atoms with Gasteiger partial charge >= 0.3 is 12.3 Å². The molecule has 148 valence electrons. The SMILES string of the molecule is O=C(CN1CCOC1=O)N1CCCC(CCc2cccc(C(F)(F)F)c2)C1. The molecule has 1 atom stereocenters. The number of amides is 2. The second-order valence-corrected chi connectivity index (χ2v) is 7.12. The summed E-state index contributed by atoms with van der Waals surface area (Å²) >= 11 is 0. The minimum atomic E-state index is -4.33. The maximum Gasteiger partial charge on any atom is 0.416 e. The van der Waals surface area contributed by atoms with Crippen LogP contribution in [0.5, 0.6) is 0 Å². The highest BCUT2D eigenvalue weighted by atomic mass is 19.4. The van der Waals surface area contributed by atoms with Gasteiger partial charge in [0.05, 0.1) is 12.1 Å². The zero-order chi connectivity index (χ0) is 19.4. The molecule has 0 aliphatic carbocycles. The number of likely N-dealkylation sites (tertiary alicyclic amines) is 1. The predicted octanol–water partition coefficient (Wildman–Crippen LogP) is 3.33. The number of piperidine rings is 1. The number of carbonyl (C=O) groups excluding carboxylic acids is 2. The van der Waals surface area contributed by atoms with Gasteiger partial charge in [0.2, 0.25) is 5.91 Å². The first-order valence-corrected chi connectivity index (χ1v) is 9.18. The Morgan fingerprint density at radius 1 is 1.26 bits per heavy atom. The van der Waals surface area contributed by atoms with Gasteiger partial charge in [0.15, 0.2) is 0 Å². The van der Waals surface area contributed by atoms with E-state index in [0.29, 0.717) is 38.2 Å². The predicted molar refractivity (Wildman–Crippen MR) is 92.0 cm³/mol. The first-order chi connectivity index (χ1) is 12.8. The van der Waals surface area contributed by atoms with E-state index in [-0.39, 0.29) is 18.4 Å². The van der Waals surface area contributed by atoms with Crippen LogP contribution < -0.4 is 0 Å². The fourth-order valence-electron chi connectivity index (χ4n) is 3.63. The third kappa shape index (κ3) is 5.14. The summed E-state index contributed by atoms with van der Waals surface area (Å²) in [6.07, 6.45) is -1.69. The Bertz CT molecular complexity index is 693. The van der Waals surface area contributed by atoms with Crippen LogP contribution in [0.3, 0.4) is 0 Å². The van der Waals surface area contributed by atoms with E-state index in [4.69, 9.17) is 4.74 Å². The minimum absolute atomic E-state index is 0.0270. The lowest BCUT2D eigenvalue weighted by atomic mass is 9.91. The third-order valence-electron chi connectivity index (χ3n) is 5.14. The van der Waals surface area contributed by atoms with Crippen molar-refractivity contribution in [2.45, 2.75) is 31.9 Å². The van der Waals surface area contributed by atoms with Crippen LogP contribution in [0.2, 0.25) is 0 Å². The lowest BCUT2D eigenvalue weighted by molar-refractivity contribution is -0.137. The molecule has 2 aliphatic rings. The number of rotatable bonds is 5. The van der Waals surface area contributed by atoms with Gasteiger partial charge in [-0.1, -0.05) is 18.2 Å². The number of alkyl halides is 3. The first-order valence-electron chi connectivity index (χ1n) is 9.18. The summed E-state index contributed by atoms with van der Waals surface area (Å²) in [5.74, 6) is 0.153. The zero-order valence-corrected chi connectivity index (χ0v) is 15.0. The maximum atomic E-state index is 12.8. The fourth-order valence-corrected chi connectivity index (χ4v) is 3.63. The Labute approximate surface area is 156 Å². The molecule has 2 saturated heterocycles. The van der Waals surface area contributed by atoms with Crippen molar-refractivity contribution >= 4 is 12.0 Å². The lowest BCUT2D eigenvalue weighted by Crippen LogP contribution is -2.45. The Morgan fingerprint density at radius 3 is 2.78 bits per heavy atom. The summed E-state index contributed by atoms with van der Waals surface area (Å²) in [5, 5.41) is 0. The number of hydrogen-bond acceptors (Lipinski definition) is 3. The van der Waals surface area contributed by atoms with Crippen molar-refractivity contribution in [3.05, 3.63) is 35.4 Å². The van der Waals surface area contributed by atoms with Gasteiger partial charge in [0.1, 0.15) is 13.2 Å². The fraction of sp³-hybridized carbons (Fsp3) is 0.579. The highest BCUT2D eigenvalue weighted by Crippen LogP contribution is 2.30. The van der Waals surface area contributed by atoms with Gasteiger partial charge in [-0.05, 0) is 43.2 Å². The number of benzene rings is 1. The molecule has 27 heavy (non-hydrogen) atoms. The molecule has 5 nitrogen and oxygen atoms in total. The normalized spacial score (nSPS) is 20.7. The monoisotopic (exact) mass is 384 g/mol. The Kier molecular flexibility index (Phi) is 5.92. The van der Waals surface area contributed by atoms with E-state index < -0.39 is 17.8 Å². The van der Waals surface area contributed by atoms with E-state index in [2.05, 4.69) is 0 Å². The van der Waals surface area contributed by atoms with Crippen LogP contribution in [0, 0.1) is 5.92 Å². The molecular formula is C19H23F3N2O3. The molecule has 0 N–H and O–H groups in total. The van der Waals surface area contributed by atoms with Crippen LogP contribution in [0.15, 0.2) is 24.3 Å². The average Bonchev–Trinajstić information content (AvgIpc) is 3.04. The average molecular weight is 384 g/mol. The van der Waals surface area contributed by atoms with Gasteiger partial charge in [0.25, 0.3) is 0 Å². The molecule has 0 aromatic heterocycles. The number of halogens is 3. The third-order valence-corrected chi connectivity index (χ3v) is 5.14. The number of nitrogens with zero attached hydrogens (tertiary/aromatic N) is 2. The van der Waals surface area contributed by atoms with E-state index >= 15 is 0 Å². The summed E-state index contributed by atoms with van der Waals surface area (Å²) in [6.45, 7) is 2.00. The second kappa shape index (κ2) is 8.19. The molecule has 0 radical (unpaired) electrons. The Hall–Kier alpha value is -2.25. The largest absolute Gasteiger partial charge is 0.448 e. The van der Waals surface area contributed by atoms with Crippen molar-refractivity contribution < 1.29 is 27.5 Å². The first kappa shape index (κ1) is 19.5. The number of aryl methyl sites for hydroxylation is 1. The number of ether oxygens (including phenoxy) is 1. The molecule has 2 amide bonds. The van der Waals surface area contributed by atoms with Crippen LogP contribution in [-0.2, 0) is 22.1 Å². The summed E-state index contributed by atoms with van der Waals surface area (Å²) < 4.78 is 43.3. The number of carbonyl (C=O) groups is 2. The van der Waals surface area contributed by atoms with E-state index in [9.17, 15) is 22.8 Å². The smallest absolute Gasteiger partial charge is 0.416 e. The molecule has 3 rings (SSSR count). The van der Waals surface area contributed by atoms with Crippen LogP contribution in [0.25, 0.3) is 0 Å². The van der Waals surface area contributed by atoms with Gasteiger partial charge < -0.3 is 9.64 Å². The van der Waals surface area contributed by atoms with Gasteiger partial charge in [-0.3, -0.25) is 9.69 Å². The minimum Gasteiger partial charge on any atom is -0.448 e. The van der Waals surface area contributed by atoms with Gasteiger partial charge in [-0.15, -0.1) is 0 Å². The van der Waals surface area contributed by atoms with Gasteiger partial charge in [-0.2, -0.15) is 13.2 Å². The van der Waals surface area contributed by atoms with Crippen molar-refractivity contribution in [3.63, 3.8) is 0 Å². The molecule has 1 unspecified atom stereocenters.